The van der Waals surface area contributed by atoms with Gasteiger partial charge in [0.1, 0.15) is 0 Å². The van der Waals surface area contributed by atoms with Gasteiger partial charge in [0.2, 0.25) is 5.91 Å². The van der Waals surface area contributed by atoms with Crippen LogP contribution in [-0.4, -0.2) is 30.9 Å². The maximum atomic E-state index is 13.3. The number of carbonyl (C=O) groups excluding carboxylic acids is 1. The zero-order valence-corrected chi connectivity index (χ0v) is 17.6. The minimum absolute atomic E-state index is 0.0935. The Labute approximate surface area is 182 Å². The average molecular weight is 458 g/mol. The van der Waals surface area contributed by atoms with E-state index in [2.05, 4.69) is 5.32 Å². The first-order valence-corrected chi connectivity index (χ1v) is 10.2. The van der Waals surface area contributed by atoms with Gasteiger partial charge >= 0.3 is 12.4 Å². The minimum atomic E-state index is -4.94. The summed E-state index contributed by atoms with van der Waals surface area (Å²) < 4.78 is 79.4. The van der Waals surface area contributed by atoms with Gasteiger partial charge in [0, 0.05) is 25.4 Å². The molecule has 1 N–H and O–H groups in total. The SMILES string of the molecule is C[C@@H](c1cc(C(F)(F)F)cc(C(F)(F)F)c1)N(C)C(=O)C1CCNCC1c1ccccc1. The first-order chi connectivity index (χ1) is 14.9. The summed E-state index contributed by atoms with van der Waals surface area (Å²) in [6.07, 6.45) is -9.36. The molecule has 2 unspecified atom stereocenters. The fraction of sp³-hybridized carbons (Fsp3) is 0.435. The molecule has 0 saturated carbocycles. The van der Waals surface area contributed by atoms with Gasteiger partial charge in [-0.15, -0.1) is 0 Å². The van der Waals surface area contributed by atoms with Crippen molar-refractivity contribution in [2.24, 2.45) is 5.92 Å². The van der Waals surface area contributed by atoms with Crippen molar-refractivity contribution in [3.05, 3.63) is 70.8 Å². The van der Waals surface area contributed by atoms with Crippen molar-refractivity contribution < 1.29 is 31.1 Å². The van der Waals surface area contributed by atoms with E-state index in [1.54, 1.807) is 0 Å². The van der Waals surface area contributed by atoms with E-state index in [0.717, 1.165) is 5.56 Å². The smallest absolute Gasteiger partial charge is 0.339 e. The highest BCUT2D eigenvalue weighted by atomic mass is 19.4. The highest BCUT2D eigenvalue weighted by Gasteiger charge is 2.39. The van der Waals surface area contributed by atoms with Crippen LogP contribution in [0.4, 0.5) is 26.3 Å². The first kappa shape index (κ1) is 24.1. The molecule has 0 radical (unpaired) electrons. The van der Waals surface area contributed by atoms with Crippen molar-refractivity contribution in [2.75, 3.05) is 20.1 Å². The van der Waals surface area contributed by atoms with Gasteiger partial charge in [-0.25, -0.2) is 0 Å². The maximum Gasteiger partial charge on any atom is 0.416 e. The molecule has 1 aliphatic heterocycles. The van der Waals surface area contributed by atoms with Crippen molar-refractivity contribution in [3.8, 4) is 0 Å². The number of carbonyl (C=O) groups is 1. The van der Waals surface area contributed by atoms with E-state index in [-0.39, 0.29) is 23.5 Å². The number of amides is 1. The zero-order chi connectivity index (χ0) is 23.7. The lowest BCUT2D eigenvalue weighted by atomic mass is 9.80. The third-order valence-corrected chi connectivity index (χ3v) is 6.05. The summed E-state index contributed by atoms with van der Waals surface area (Å²) in [7, 11) is 1.42. The average Bonchev–Trinajstić information content (AvgIpc) is 2.76. The van der Waals surface area contributed by atoms with E-state index in [1.807, 2.05) is 30.3 Å². The van der Waals surface area contributed by atoms with E-state index < -0.39 is 35.4 Å². The summed E-state index contributed by atoms with van der Waals surface area (Å²) in [6.45, 7) is 2.60. The summed E-state index contributed by atoms with van der Waals surface area (Å²) in [5.74, 6) is -0.878. The van der Waals surface area contributed by atoms with E-state index in [1.165, 1.54) is 18.9 Å². The van der Waals surface area contributed by atoms with Gasteiger partial charge < -0.3 is 10.2 Å². The monoisotopic (exact) mass is 458 g/mol. The van der Waals surface area contributed by atoms with Gasteiger partial charge in [-0.05, 0) is 49.2 Å². The fourth-order valence-corrected chi connectivity index (χ4v) is 4.10. The predicted molar refractivity (Wildman–Crippen MR) is 108 cm³/mol. The number of benzene rings is 2. The predicted octanol–water partition coefficient (Wildman–Crippen LogP) is 5.64. The first-order valence-electron chi connectivity index (χ1n) is 10.2. The molecule has 32 heavy (non-hydrogen) atoms. The normalized spacial score (nSPS) is 20.6. The van der Waals surface area contributed by atoms with Crippen LogP contribution < -0.4 is 5.32 Å². The molecule has 3 nitrogen and oxygen atoms in total. The Balaban J connectivity index is 1.91. The van der Waals surface area contributed by atoms with Crippen LogP contribution in [0.15, 0.2) is 48.5 Å². The van der Waals surface area contributed by atoms with E-state index in [0.29, 0.717) is 31.6 Å². The van der Waals surface area contributed by atoms with Gasteiger partial charge in [-0.3, -0.25) is 4.79 Å². The van der Waals surface area contributed by atoms with Gasteiger partial charge in [0.15, 0.2) is 0 Å². The number of halogens is 6. The minimum Gasteiger partial charge on any atom is -0.339 e. The molecule has 1 saturated heterocycles. The fourth-order valence-electron chi connectivity index (χ4n) is 4.10. The maximum absolute atomic E-state index is 13.3. The lowest BCUT2D eigenvalue weighted by Gasteiger charge is -2.36. The Morgan fingerprint density at radius 1 is 1.00 bits per heavy atom. The molecule has 2 aromatic rings. The van der Waals surface area contributed by atoms with Crippen molar-refractivity contribution in [3.63, 3.8) is 0 Å². The highest BCUT2D eigenvalue weighted by Crippen LogP contribution is 2.39. The molecule has 174 valence electrons. The molecule has 0 aliphatic carbocycles. The Morgan fingerprint density at radius 3 is 2.09 bits per heavy atom. The molecule has 0 spiro atoms. The Bertz CT molecular complexity index is 909. The van der Waals surface area contributed by atoms with E-state index in [4.69, 9.17) is 0 Å². The number of hydrogen-bond donors (Lipinski definition) is 1. The summed E-state index contributed by atoms with van der Waals surface area (Å²) in [5.41, 5.74) is -2.04. The Kier molecular flexibility index (Phi) is 6.88. The molecule has 1 aliphatic rings. The molecule has 1 fully saturated rings. The standard InChI is InChI=1S/C23H24F6N2O/c1-14(16-10-17(22(24,25)26)12-18(11-16)23(27,28)29)31(2)21(32)19-8-9-30-13-20(19)15-6-4-3-5-7-15/h3-7,10-12,14,19-20,30H,8-9,13H2,1-2H3/t14-,19?,20?/m0/s1. The van der Waals surface area contributed by atoms with Crippen LogP contribution >= 0.6 is 0 Å². The van der Waals surface area contributed by atoms with Crippen molar-refractivity contribution in [1.82, 2.24) is 10.2 Å². The second kappa shape index (κ2) is 9.13. The number of alkyl halides is 6. The third-order valence-electron chi connectivity index (χ3n) is 6.05. The van der Waals surface area contributed by atoms with Gasteiger partial charge in [0.05, 0.1) is 17.2 Å². The topological polar surface area (TPSA) is 32.3 Å². The number of piperidine rings is 1. The largest absolute Gasteiger partial charge is 0.416 e. The Morgan fingerprint density at radius 2 is 1.56 bits per heavy atom. The van der Waals surface area contributed by atoms with E-state index >= 15 is 0 Å². The number of nitrogens with zero attached hydrogens (tertiary/aromatic N) is 1. The lowest BCUT2D eigenvalue weighted by Crippen LogP contribution is -2.44. The summed E-state index contributed by atoms with van der Waals surface area (Å²) in [6, 6.07) is 9.87. The number of nitrogens with one attached hydrogen (secondary N) is 1. The Hall–Kier alpha value is -2.55. The number of rotatable bonds is 4. The number of hydrogen-bond acceptors (Lipinski definition) is 2. The van der Waals surface area contributed by atoms with Crippen LogP contribution in [0.3, 0.4) is 0 Å². The molecule has 0 bridgehead atoms. The molecular weight excluding hydrogens is 434 g/mol. The molecule has 3 rings (SSSR count). The zero-order valence-electron chi connectivity index (χ0n) is 17.6. The summed E-state index contributed by atoms with van der Waals surface area (Å²) in [4.78, 5) is 14.6. The second-order valence-corrected chi connectivity index (χ2v) is 8.08. The molecule has 1 amide bonds. The van der Waals surface area contributed by atoms with Gasteiger partial charge in [-0.1, -0.05) is 30.3 Å². The molecule has 2 aromatic carbocycles. The molecule has 9 heteroatoms. The van der Waals surface area contributed by atoms with Crippen LogP contribution in [0, 0.1) is 5.92 Å². The van der Waals surface area contributed by atoms with Crippen LogP contribution in [-0.2, 0) is 17.1 Å². The summed E-state index contributed by atoms with van der Waals surface area (Å²) >= 11 is 0. The van der Waals surface area contributed by atoms with Crippen molar-refractivity contribution in [1.29, 1.82) is 0 Å². The van der Waals surface area contributed by atoms with Crippen LogP contribution in [0.2, 0.25) is 0 Å². The lowest BCUT2D eigenvalue weighted by molar-refractivity contribution is -0.143. The third kappa shape index (κ3) is 5.26. The molecule has 0 aromatic heterocycles. The molecule has 3 atom stereocenters. The van der Waals surface area contributed by atoms with Gasteiger partial charge in [0.25, 0.3) is 0 Å². The van der Waals surface area contributed by atoms with Gasteiger partial charge in [-0.2, -0.15) is 26.3 Å². The van der Waals surface area contributed by atoms with E-state index in [9.17, 15) is 31.1 Å². The van der Waals surface area contributed by atoms with Crippen molar-refractivity contribution in [2.45, 2.75) is 37.7 Å². The quantitative estimate of drug-likeness (QED) is 0.602. The molecule has 1 heterocycles. The van der Waals surface area contributed by atoms with Crippen molar-refractivity contribution >= 4 is 5.91 Å². The van der Waals surface area contributed by atoms with Crippen LogP contribution in [0.5, 0.6) is 0 Å². The highest BCUT2D eigenvalue weighted by molar-refractivity contribution is 5.80. The van der Waals surface area contributed by atoms with Crippen LogP contribution in [0.1, 0.15) is 47.6 Å². The second-order valence-electron chi connectivity index (χ2n) is 8.08. The molecular formula is C23H24F6N2O. The summed E-state index contributed by atoms with van der Waals surface area (Å²) in [5, 5.41) is 3.25. The van der Waals surface area contributed by atoms with Crippen LogP contribution in [0.25, 0.3) is 0 Å².